The Kier molecular flexibility index (Phi) is 10.1. The zero-order valence-electron chi connectivity index (χ0n) is 21.8. The van der Waals surface area contributed by atoms with Crippen molar-refractivity contribution in [1.29, 1.82) is 0 Å². The van der Waals surface area contributed by atoms with E-state index in [-0.39, 0.29) is 42.0 Å². The van der Waals surface area contributed by atoms with Crippen molar-refractivity contribution in [1.82, 2.24) is 0 Å². The standard InChI is InChI=1S/C26H24N2O13/c1-4-5-21(41-26(31)38-18-9-7-17(8-10-18)27(32)33)16-6-11-22(20(12-16)28(34)35)39-24-14-19(37-15(2)29)13-23(40-24)25(30)36-3/h1,6-12,19,21,23-24H,5,13-14H2,2-3H3. The smallest absolute Gasteiger partial charge is 0.467 e. The highest BCUT2D eigenvalue weighted by Crippen LogP contribution is 2.35. The molecule has 0 aromatic heterocycles. The number of rotatable bonds is 10. The van der Waals surface area contributed by atoms with E-state index in [1.807, 2.05) is 0 Å². The fourth-order valence-corrected chi connectivity index (χ4v) is 3.86. The maximum absolute atomic E-state index is 12.4. The fourth-order valence-electron chi connectivity index (χ4n) is 3.86. The van der Waals surface area contributed by atoms with E-state index in [9.17, 15) is 34.6 Å². The van der Waals surface area contributed by atoms with Gasteiger partial charge in [0.2, 0.25) is 6.29 Å². The lowest BCUT2D eigenvalue weighted by Crippen LogP contribution is -2.44. The predicted molar refractivity (Wildman–Crippen MR) is 136 cm³/mol. The molecule has 15 nitrogen and oxygen atoms in total. The van der Waals surface area contributed by atoms with Crippen molar-refractivity contribution < 1.29 is 52.7 Å². The first-order valence-corrected chi connectivity index (χ1v) is 11.9. The van der Waals surface area contributed by atoms with Crippen molar-refractivity contribution in [2.45, 2.75) is 50.8 Å². The van der Waals surface area contributed by atoms with Gasteiger partial charge in [0.05, 0.1) is 23.4 Å². The van der Waals surface area contributed by atoms with Crippen molar-refractivity contribution in [2.75, 3.05) is 7.11 Å². The van der Waals surface area contributed by atoms with Crippen molar-refractivity contribution in [3.05, 3.63) is 68.3 Å². The number of non-ortho nitro benzene ring substituents is 1. The number of nitrogens with zero attached hydrogens (tertiary/aromatic N) is 2. The number of terminal acetylenes is 1. The van der Waals surface area contributed by atoms with E-state index in [0.717, 1.165) is 25.3 Å². The van der Waals surface area contributed by atoms with E-state index < -0.39 is 58.2 Å². The van der Waals surface area contributed by atoms with E-state index >= 15 is 0 Å². The fraction of sp³-hybridized carbons (Fsp3) is 0.346. The lowest BCUT2D eigenvalue weighted by atomic mass is 10.0. The Morgan fingerprint density at radius 1 is 1.10 bits per heavy atom. The number of methoxy groups -OCH3 is 1. The summed E-state index contributed by atoms with van der Waals surface area (Å²) in [7, 11) is 1.15. The minimum absolute atomic E-state index is 0.00816. The summed E-state index contributed by atoms with van der Waals surface area (Å²) in [6.45, 7) is 1.19. The Hall–Kier alpha value is -5.23. The third-order valence-electron chi connectivity index (χ3n) is 5.65. The summed E-state index contributed by atoms with van der Waals surface area (Å²) in [5.74, 6) is 0.687. The number of hydrogen-bond donors (Lipinski definition) is 0. The van der Waals surface area contributed by atoms with Gasteiger partial charge in [-0.05, 0) is 18.2 Å². The summed E-state index contributed by atoms with van der Waals surface area (Å²) in [5.41, 5.74) is -0.617. The average Bonchev–Trinajstić information content (AvgIpc) is 2.92. The SMILES string of the molecule is C#CCC(OC(=O)Oc1ccc([N+](=O)[O-])cc1)c1ccc(OC2CC(OC(C)=O)CC(C(=O)OC)O2)c([N+](=O)[O-])c1. The van der Waals surface area contributed by atoms with E-state index in [1.54, 1.807) is 0 Å². The van der Waals surface area contributed by atoms with Crippen LogP contribution in [0.5, 0.6) is 11.5 Å². The van der Waals surface area contributed by atoms with Crippen LogP contribution in [0.25, 0.3) is 0 Å². The van der Waals surface area contributed by atoms with Gasteiger partial charge in [0, 0.05) is 43.5 Å². The average molecular weight is 572 g/mol. The van der Waals surface area contributed by atoms with E-state index in [1.165, 1.54) is 31.2 Å². The molecule has 1 aliphatic rings. The second kappa shape index (κ2) is 13.7. The molecule has 41 heavy (non-hydrogen) atoms. The molecule has 1 aliphatic heterocycles. The number of carbonyl (C=O) groups excluding carboxylic acids is 3. The molecule has 4 atom stereocenters. The Labute approximate surface area is 232 Å². The summed E-state index contributed by atoms with van der Waals surface area (Å²) in [6.07, 6.45) is -0.300. The van der Waals surface area contributed by atoms with E-state index in [0.29, 0.717) is 0 Å². The van der Waals surface area contributed by atoms with Gasteiger partial charge in [0.15, 0.2) is 11.9 Å². The van der Waals surface area contributed by atoms with Crippen LogP contribution >= 0.6 is 0 Å². The molecule has 2 aromatic rings. The van der Waals surface area contributed by atoms with Crippen LogP contribution in [0.1, 0.15) is 37.9 Å². The van der Waals surface area contributed by atoms with Crippen LogP contribution in [0, 0.1) is 32.6 Å². The summed E-state index contributed by atoms with van der Waals surface area (Å²) in [6, 6.07) is 8.32. The van der Waals surface area contributed by atoms with Crippen molar-refractivity contribution in [3.63, 3.8) is 0 Å². The van der Waals surface area contributed by atoms with Gasteiger partial charge in [-0.2, -0.15) is 0 Å². The van der Waals surface area contributed by atoms with Crippen LogP contribution in [0.15, 0.2) is 42.5 Å². The molecule has 0 aliphatic carbocycles. The molecule has 2 aromatic carbocycles. The zero-order chi connectivity index (χ0) is 30.1. The minimum Gasteiger partial charge on any atom is -0.467 e. The molecule has 0 N–H and O–H groups in total. The molecule has 3 rings (SSSR count). The van der Waals surface area contributed by atoms with Gasteiger partial charge >= 0.3 is 23.8 Å². The van der Waals surface area contributed by atoms with Crippen LogP contribution in [0.4, 0.5) is 16.2 Å². The molecule has 1 heterocycles. The molecule has 4 unspecified atom stereocenters. The van der Waals surface area contributed by atoms with E-state index in [4.69, 9.17) is 30.1 Å². The van der Waals surface area contributed by atoms with Crippen molar-refractivity contribution in [2.24, 2.45) is 0 Å². The summed E-state index contributed by atoms with van der Waals surface area (Å²) >= 11 is 0. The molecular formula is C26H24N2O13. The largest absolute Gasteiger partial charge is 0.514 e. The second-order valence-electron chi connectivity index (χ2n) is 8.50. The van der Waals surface area contributed by atoms with Crippen LogP contribution in [0.2, 0.25) is 0 Å². The van der Waals surface area contributed by atoms with Gasteiger partial charge in [0.1, 0.15) is 18.0 Å². The molecule has 0 radical (unpaired) electrons. The number of hydrogen-bond acceptors (Lipinski definition) is 13. The summed E-state index contributed by atoms with van der Waals surface area (Å²) in [5, 5.41) is 22.7. The molecule has 0 spiro atoms. The lowest BCUT2D eigenvalue weighted by molar-refractivity contribution is -0.386. The van der Waals surface area contributed by atoms with Gasteiger partial charge in [-0.25, -0.2) is 9.59 Å². The number of benzene rings is 2. The first-order valence-electron chi connectivity index (χ1n) is 11.9. The lowest BCUT2D eigenvalue weighted by Gasteiger charge is -2.33. The van der Waals surface area contributed by atoms with Gasteiger partial charge in [0.25, 0.3) is 5.69 Å². The van der Waals surface area contributed by atoms with Crippen LogP contribution in [-0.2, 0) is 28.5 Å². The molecule has 216 valence electrons. The first-order chi connectivity index (χ1) is 19.5. The summed E-state index contributed by atoms with van der Waals surface area (Å²) in [4.78, 5) is 57.2. The molecular weight excluding hydrogens is 548 g/mol. The first kappa shape index (κ1) is 30.3. The van der Waals surface area contributed by atoms with Gasteiger partial charge in [-0.1, -0.05) is 6.07 Å². The topological polar surface area (TPSA) is 193 Å². The maximum Gasteiger partial charge on any atom is 0.514 e. The van der Waals surface area contributed by atoms with Crippen molar-refractivity contribution >= 4 is 29.5 Å². The summed E-state index contributed by atoms with van der Waals surface area (Å²) < 4.78 is 31.4. The number of nitro benzene ring substituents is 2. The predicted octanol–water partition coefficient (Wildman–Crippen LogP) is 3.77. The third kappa shape index (κ3) is 8.38. The molecule has 1 saturated heterocycles. The molecule has 0 bridgehead atoms. The highest BCUT2D eigenvalue weighted by molar-refractivity contribution is 5.75. The Bertz CT molecular complexity index is 1350. The van der Waals surface area contributed by atoms with Gasteiger partial charge in [-0.15, -0.1) is 12.3 Å². The second-order valence-corrected chi connectivity index (χ2v) is 8.50. The number of nitro groups is 2. The Balaban J connectivity index is 1.78. The number of ether oxygens (including phenoxy) is 6. The molecule has 0 saturated carbocycles. The van der Waals surface area contributed by atoms with Gasteiger partial charge in [-0.3, -0.25) is 25.0 Å². The monoisotopic (exact) mass is 572 g/mol. The Morgan fingerprint density at radius 2 is 1.80 bits per heavy atom. The highest BCUT2D eigenvalue weighted by atomic mass is 16.7. The van der Waals surface area contributed by atoms with Crippen LogP contribution < -0.4 is 9.47 Å². The van der Waals surface area contributed by atoms with Gasteiger partial charge < -0.3 is 28.4 Å². The van der Waals surface area contributed by atoms with Crippen LogP contribution in [0.3, 0.4) is 0 Å². The van der Waals surface area contributed by atoms with Crippen LogP contribution in [-0.4, -0.2) is 53.5 Å². The quantitative estimate of drug-likeness (QED) is 0.0998. The molecule has 15 heteroatoms. The van der Waals surface area contributed by atoms with Crippen molar-refractivity contribution in [3.8, 4) is 23.8 Å². The molecule has 0 amide bonds. The Morgan fingerprint density at radius 3 is 2.39 bits per heavy atom. The normalized spacial score (nSPS) is 18.6. The zero-order valence-corrected chi connectivity index (χ0v) is 21.8. The highest BCUT2D eigenvalue weighted by Gasteiger charge is 2.38. The minimum atomic E-state index is -1.21. The number of carbonyl (C=O) groups is 3. The maximum atomic E-state index is 12.4. The van der Waals surface area contributed by atoms with E-state index in [2.05, 4.69) is 10.7 Å². The molecule has 1 fully saturated rings. The third-order valence-corrected chi connectivity index (χ3v) is 5.65. The number of esters is 2.